The Morgan fingerprint density at radius 1 is 1.53 bits per heavy atom. The molecule has 1 unspecified atom stereocenters. The molecule has 0 aliphatic rings. The van der Waals surface area contributed by atoms with Crippen molar-refractivity contribution in [2.75, 3.05) is 7.05 Å². The van der Waals surface area contributed by atoms with E-state index in [4.69, 9.17) is 0 Å². The standard InChI is InChI=1S/C9H13N5S/c1-10-7(8-4-15-6-12-8)3-9-11-5-13-14(9)2/h4-7,10H,3H2,1-2H3. The molecule has 0 aromatic carbocycles. The molecule has 80 valence electrons. The smallest absolute Gasteiger partial charge is 0.138 e. The third-order valence-electron chi connectivity index (χ3n) is 2.35. The van der Waals surface area contributed by atoms with Crippen molar-refractivity contribution in [1.82, 2.24) is 25.1 Å². The maximum atomic E-state index is 4.30. The van der Waals surface area contributed by atoms with E-state index in [2.05, 4.69) is 25.8 Å². The summed E-state index contributed by atoms with van der Waals surface area (Å²) in [4.78, 5) is 8.50. The molecule has 15 heavy (non-hydrogen) atoms. The maximum Gasteiger partial charge on any atom is 0.138 e. The second-order valence-corrected chi connectivity index (χ2v) is 3.98. The van der Waals surface area contributed by atoms with Gasteiger partial charge in [0.25, 0.3) is 0 Å². The number of hydrogen-bond donors (Lipinski definition) is 1. The van der Waals surface area contributed by atoms with Crippen molar-refractivity contribution in [3.63, 3.8) is 0 Å². The molecule has 2 aromatic rings. The van der Waals surface area contributed by atoms with Crippen LogP contribution in [0.3, 0.4) is 0 Å². The molecule has 0 aliphatic carbocycles. The van der Waals surface area contributed by atoms with Crippen LogP contribution in [-0.2, 0) is 13.5 Å². The molecule has 1 atom stereocenters. The molecule has 1 N–H and O–H groups in total. The Kier molecular flexibility index (Phi) is 3.08. The van der Waals surface area contributed by atoms with Crippen molar-refractivity contribution in [2.24, 2.45) is 7.05 Å². The summed E-state index contributed by atoms with van der Waals surface area (Å²) >= 11 is 1.61. The van der Waals surface area contributed by atoms with Crippen molar-refractivity contribution in [3.8, 4) is 0 Å². The van der Waals surface area contributed by atoms with Crippen LogP contribution >= 0.6 is 11.3 Å². The number of aromatic nitrogens is 4. The molecule has 0 amide bonds. The molecule has 2 rings (SSSR count). The summed E-state index contributed by atoms with van der Waals surface area (Å²) in [5, 5.41) is 9.33. The van der Waals surface area contributed by atoms with Gasteiger partial charge in [-0.15, -0.1) is 11.3 Å². The molecule has 5 nitrogen and oxygen atoms in total. The third kappa shape index (κ3) is 2.21. The molecule has 2 heterocycles. The lowest BCUT2D eigenvalue weighted by Crippen LogP contribution is -2.20. The van der Waals surface area contributed by atoms with E-state index < -0.39 is 0 Å². The van der Waals surface area contributed by atoms with Crippen molar-refractivity contribution in [2.45, 2.75) is 12.5 Å². The van der Waals surface area contributed by atoms with Crippen molar-refractivity contribution in [1.29, 1.82) is 0 Å². The Bertz CT molecular complexity index is 408. The fourth-order valence-corrected chi connectivity index (χ4v) is 2.04. The molecular weight excluding hydrogens is 210 g/mol. The largest absolute Gasteiger partial charge is 0.311 e. The van der Waals surface area contributed by atoms with Crippen LogP contribution in [0.2, 0.25) is 0 Å². The van der Waals surface area contributed by atoms with Gasteiger partial charge in [-0.3, -0.25) is 4.68 Å². The first-order valence-electron chi connectivity index (χ1n) is 4.69. The van der Waals surface area contributed by atoms with Gasteiger partial charge in [-0.25, -0.2) is 9.97 Å². The quantitative estimate of drug-likeness (QED) is 0.832. The summed E-state index contributed by atoms with van der Waals surface area (Å²) in [6.07, 6.45) is 2.37. The monoisotopic (exact) mass is 223 g/mol. The van der Waals surface area contributed by atoms with E-state index in [0.29, 0.717) is 0 Å². The molecule has 0 aliphatic heterocycles. The Balaban J connectivity index is 2.13. The molecule has 0 radical (unpaired) electrons. The zero-order valence-corrected chi connectivity index (χ0v) is 9.53. The van der Waals surface area contributed by atoms with Gasteiger partial charge in [-0.2, -0.15) is 5.10 Å². The fourth-order valence-electron chi connectivity index (χ4n) is 1.44. The van der Waals surface area contributed by atoms with Crippen LogP contribution in [0.15, 0.2) is 17.2 Å². The highest BCUT2D eigenvalue weighted by molar-refractivity contribution is 7.07. The molecule has 0 saturated heterocycles. The van der Waals surface area contributed by atoms with Crippen LogP contribution in [0.5, 0.6) is 0 Å². The van der Waals surface area contributed by atoms with E-state index in [0.717, 1.165) is 17.9 Å². The first-order chi connectivity index (χ1) is 7.31. The molecule has 0 bridgehead atoms. The van der Waals surface area contributed by atoms with Crippen LogP contribution < -0.4 is 5.32 Å². The predicted octanol–water partition coefficient (Wildman–Crippen LogP) is 0.775. The van der Waals surface area contributed by atoms with E-state index in [1.54, 1.807) is 22.3 Å². The van der Waals surface area contributed by atoms with Crippen LogP contribution in [-0.4, -0.2) is 26.8 Å². The van der Waals surface area contributed by atoms with Crippen molar-refractivity contribution in [3.05, 3.63) is 28.7 Å². The van der Waals surface area contributed by atoms with E-state index in [1.807, 2.05) is 19.6 Å². The zero-order valence-electron chi connectivity index (χ0n) is 8.71. The third-order valence-corrected chi connectivity index (χ3v) is 2.95. The molecule has 6 heteroatoms. The van der Waals surface area contributed by atoms with Crippen LogP contribution in [0.25, 0.3) is 0 Å². The Morgan fingerprint density at radius 3 is 2.93 bits per heavy atom. The molecule has 0 spiro atoms. The topological polar surface area (TPSA) is 55.6 Å². The number of rotatable bonds is 4. The minimum absolute atomic E-state index is 0.208. The first kappa shape index (κ1) is 10.3. The Labute approximate surface area is 92.2 Å². The molecule has 2 aromatic heterocycles. The van der Waals surface area contributed by atoms with Gasteiger partial charge >= 0.3 is 0 Å². The van der Waals surface area contributed by atoms with E-state index in [1.165, 1.54) is 0 Å². The second kappa shape index (κ2) is 4.50. The highest BCUT2D eigenvalue weighted by Crippen LogP contribution is 2.16. The molecular formula is C9H13N5S. The van der Waals surface area contributed by atoms with Gasteiger partial charge in [0.05, 0.1) is 17.2 Å². The lowest BCUT2D eigenvalue weighted by molar-refractivity contribution is 0.543. The number of hydrogen-bond acceptors (Lipinski definition) is 5. The highest BCUT2D eigenvalue weighted by Gasteiger charge is 2.14. The summed E-state index contributed by atoms with van der Waals surface area (Å²) in [6, 6.07) is 0.208. The average molecular weight is 223 g/mol. The van der Waals surface area contributed by atoms with Gasteiger partial charge in [-0.1, -0.05) is 0 Å². The van der Waals surface area contributed by atoms with Gasteiger partial charge in [0, 0.05) is 18.8 Å². The number of thiazole rings is 1. The zero-order chi connectivity index (χ0) is 10.7. The Hall–Kier alpha value is -1.27. The maximum absolute atomic E-state index is 4.30. The number of nitrogens with zero attached hydrogens (tertiary/aromatic N) is 4. The summed E-state index contributed by atoms with van der Waals surface area (Å²) in [6.45, 7) is 0. The normalized spacial score (nSPS) is 12.9. The highest BCUT2D eigenvalue weighted by atomic mass is 32.1. The lowest BCUT2D eigenvalue weighted by Gasteiger charge is -2.12. The van der Waals surface area contributed by atoms with Crippen molar-refractivity contribution < 1.29 is 0 Å². The van der Waals surface area contributed by atoms with Gasteiger partial charge in [0.2, 0.25) is 0 Å². The van der Waals surface area contributed by atoms with E-state index >= 15 is 0 Å². The average Bonchev–Trinajstić information content (AvgIpc) is 2.86. The Morgan fingerprint density at radius 2 is 2.40 bits per heavy atom. The molecule has 0 saturated carbocycles. The summed E-state index contributed by atoms with van der Waals surface area (Å²) < 4.78 is 1.79. The number of nitrogens with one attached hydrogen (secondary N) is 1. The van der Waals surface area contributed by atoms with Crippen LogP contribution in [0, 0.1) is 0 Å². The minimum Gasteiger partial charge on any atom is -0.311 e. The van der Waals surface area contributed by atoms with Crippen molar-refractivity contribution >= 4 is 11.3 Å². The minimum atomic E-state index is 0.208. The first-order valence-corrected chi connectivity index (χ1v) is 5.63. The van der Waals surface area contributed by atoms with Gasteiger partial charge in [-0.05, 0) is 7.05 Å². The summed E-state index contributed by atoms with van der Waals surface area (Å²) in [5.41, 5.74) is 2.90. The fraction of sp³-hybridized carbons (Fsp3) is 0.444. The second-order valence-electron chi connectivity index (χ2n) is 3.26. The summed E-state index contributed by atoms with van der Waals surface area (Å²) in [7, 11) is 3.83. The lowest BCUT2D eigenvalue weighted by atomic mass is 10.1. The SMILES string of the molecule is CNC(Cc1ncnn1C)c1cscn1. The van der Waals surface area contributed by atoms with E-state index in [9.17, 15) is 0 Å². The van der Waals surface area contributed by atoms with Gasteiger partial charge in [0.1, 0.15) is 12.2 Å². The van der Waals surface area contributed by atoms with E-state index in [-0.39, 0.29) is 6.04 Å². The number of likely N-dealkylation sites (N-methyl/N-ethyl adjacent to an activating group) is 1. The predicted molar refractivity (Wildman–Crippen MR) is 58.6 cm³/mol. The van der Waals surface area contributed by atoms with Gasteiger partial charge < -0.3 is 5.32 Å². The van der Waals surface area contributed by atoms with Crippen LogP contribution in [0.4, 0.5) is 0 Å². The molecule has 0 fully saturated rings. The van der Waals surface area contributed by atoms with Gasteiger partial charge in [0.15, 0.2) is 0 Å². The summed E-state index contributed by atoms with van der Waals surface area (Å²) in [5.74, 6) is 0.961. The number of aryl methyl sites for hydroxylation is 1. The van der Waals surface area contributed by atoms with Crippen LogP contribution in [0.1, 0.15) is 17.6 Å².